The maximum atomic E-state index is 11.9. The van der Waals surface area contributed by atoms with Crippen molar-refractivity contribution in [2.24, 2.45) is 0 Å². The van der Waals surface area contributed by atoms with Crippen molar-refractivity contribution in [1.29, 1.82) is 5.26 Å². The highest BCUT2D eigenvalue weighted by atomic mass is 16.5. The number of H-pyrrole nitrogens is 1. The lowest BCUT2D eigenvalue weighted by Crippen LogP contribution is -2.10. The summed E-state index contributed by atoms with van der Waals surface area (Å²) in [7, 11) is 2.39. The molecule has 0 saturated carbocycles. The molecule has 0 aromatic carbocycles. The van der Waals surface area contributed by atoms with Crippen molar-refractivity contribution in [1.82, 2.24) is 4.98 Å². The van der Waals surface area contributed by atoms with Crippen LogP contribution in [0.5, 0.6) is 0 Å². The summed E-state index contributed by atoms with van der Waals surface area (Å²) in [6.07, 6.45) is 0.00720. The second-order valence-electron chi connectivity index (χ2n) is 4.13. The molecule has 8 heteroatoms. The number of nitriles is 1. The Balaban J connectivity index is 3.31. The average Bonchev–Trinajstić information content (AvgIpc) is 2.90. The Morgan fingerprint density at radius 3 is 2.32 bits per heavy atom. The summed E-state index contributed by atoms with van der Waals surface area (Å²) in [5.41, 5.74) is 0.00109. The van der Waals surface area contributed by atoms with Crippen LogP contribution in [0.25, 0.3) is 0 Å². The van der Waals surface area contributed by atoms with Gasteiger partial charge in [0.05, 0.1) is 26.4 Å². The molecule has 8 nitrogen and oxygen atoms in total. The fourth-order valence-electron chi connectivity index (χ4n) is 1.87. The lowest BCUT2D eigenvalue weighted by atomic mass is 10.0. The predicted molar refractivity (Wildman–Crippen MR) is 73.1 cm³/mol. The van der Waals surface area contributed by atoms with Crippen molar-refractivity contribution in [2.75, 3.05) is 20.8 Å². The lowest BCUT2D eigenvalue weighted by molar-refractivity contribution is -0.140. The van der Waals surface area contributed by atoms with E-state index in [2.05, 4.69) is 14.5 Å². The Morgan fingerprint density at radius 1 is 1.14 bits per heavy atom. The Kier molecular flexibility index (Phi) is 6.13. The van der Waals surface area contributed by atoms with Gasteiger partial charge in [-0.05, 0) is 13.3 Å². The molecule has 118 valence electrons. The number of carbonyl (C=O) groups is 3. The van der Waals surface area contributed by atoms with E-state index in [0.29, 0.717) is 0 Å². The monoisotopic (exact) mass is 308 g/mol. The van der Waals surface area contributed by atoms with E-state index in [0.717, 1.165) is 7.11 Å². The molecule has 1 heterocycles. The first-order valence-electron chi connectivity index (χ1n) is 6.47. The maximum Gasteiger partial charge on any atom is 0.355 e. The van der Waals surface area contributed by atoms with Crippen LogP contribution in [0.4, 0.5) is 0 Å². The molecular weight excluding hydrogens is 292 g/mol. The highest BCUT2D eigenvalue weighted by Crippen LogP contribution is 2.22. The zero-order valence-corrected chi connectivity index (χ0v) is 12.5. The number of aromatic amines is 1. The first-order valence-corrected chi connectivity index (χ1v) is 6.47. The van der Waals surface area contributed by atoms with Gasteiger partial charge in [0.2, 0.25) is 0 Å². The van der Waals surface area contributed by atoms with Crippen molar-refractivity contribution in [3.05, 3.63) is 22.5 Å². The number of methoxy groups -OCH3 is 2. The number of carbonyl (C=O) groups excluding carboxylic acids is 3. The van der Waals surface area contributed by atoms with Crippen molar-refractivity contribution in [3.8, 4) is 6.07 Å². The minimum Gasteiger partial charge on any atom is -0.469 e. The Hall–Kier alpha value is -2.82. The number of hydrogen-bond donors (Lipinski definition) is 1. The third-order valence-corrected chi connectivity index (χ3v) is 2.89. The van der Waals surface area contributed by atoms with Gasteiger partial charge in [0, 0.05) is 12.0 Å². The SMILES string of the molecule is CCOC(=O)c1[nH]c(C(=O)OC)c(C#N)c1CCC(=O)OC. The highest BCUT2D eigenvalue weighted by Gasteiger charge is 2.27. The first kappa shape index (κ1) is 17.2. The minimum absolute atomic E-state index is 0.0392. The molecule has 0 fully saturated rings. The zero-order chi connectivity index (χ0) is 16.7. The third kappa shape index (κ3) is 3.63. The van der Waals surface area contributed by atoms with E-state index in [1.54, 1.807) is 6.92 Å². The number of rotatable bonds is 6. The molecule has 0 aliphatic rings. The minimum atomic E-state index is -0.786. The molecule has 0 atom stereocenters. The first-order chi connectivity index (χ1) is 10.5. The van der Waals surface area contributed by atoms with Gasteiger partial charge in [-0.15, -0.1) is 0 Å². The van der Waals surface area contributed by atoms with E-state index in [9.17, 15) is 19.6 Å². The number of esters is 3. The van der Waals surface area contributed by atoms with Crippen LogP contribution in [0.15, 0.2) is 0 Å². The van der Waals surface area contributed by atoms with Crippen molar-refractivity contribution < 1.29 is 28.6 Å². The molecule has 1 N–H and O–H groups in total. The van der Waals surface area contributed by atoms with E-state index < -0.39 is 17.9 Å². The molecule has 1 rings (SSSR count). The van der Waals surface area contributed by atoms with E-state index in [1.807, 2.05) is 6.07 Å². The Morgan fingerprint density at radius 2 is 1.82 bits per heavy atom. The quantitative estimate of drug-likeness (QED) is 0.614. The molecule has 0 spiro atoms. The molecule has 0 aliphatic carbocycles. The van der Waals surface area contributed by atoms with Crippen LogP contribution in [-0.2, 0) is 25.4 Å². The van der Waals surface area contributed by atoms with Gasteiger partial charge in [-0.25, -0.2) is 9.59 Å². The summed E-state index contributed by atoms with van der Waals surface area (Å²) in [5.74, 6) is -2.00. The topological polar surface area (TPSA) is 118 Å². The molecular formula is C14H16N2O6. The van der Waals surface area contributed by atoms with Crippen LogP contribution in [0, 0.1) is 11.3 Å². The van der Waals surface area contributed by atoms with E-state index >= 15 is 0 Å². The summed E-state index contributed by atoms with van der Waals surface area (Å²) in [6, 6.07) is 1.85. The summed E-state index contributed by atoms with van der Waals surface area (Å²) in [4.78, 5) is 37.4. The predicted octanol–water partition coefficient (Wildman–Crippen LogP) is 0.955. The molecule has 1 aromatic rings. The average molecular weight is 308 g/mol. The van der Waals surface area contributed by atoms with Gasteiger partial charge in [-0.1, -0.05) is 0 Å². The smallest absolute Gasteiger partial charge is 0.355 e. The Bertz CT molecular complexity index is 626. The summed E-state index contributed by atoms with van der Waals surface area (Å²) in [6.45, 7) is 1.76. The van der Waals surface area contributed by atoms with E-state index in [-0.39, 0.29) is 42.0 Å². The van der Waals surface area contributed by atoms with Gasteiger partial charge >= 0.3 is 17.9 Å². The number of nitrogens with one attached hydrogen (secondary N) is 1. The number of nitrogens with zero attached hydrogens (tertiary/aromatic N) is 1. The van der Waals surface area contributed by atoms with Crippen LogP contribution in [0.1, 0.15) is 45.4 Å². The molecule has 0 unspecified atom stereocenters. The number of ether oxygens (including phenoxy) is 3. The number of hydrogen-bond acceptors (Lipinski definition) is 7. The summed E-state index contributed by atoms with van der Waals surface area (Å²) < 4.78 is 14.0. The van der Waals surface area contributed by atoms with Crippen LogP contribution < -0.4 is 0 Å². The van der Waals surface area contributed by atoms with Crippen molar-refractivity contribution >= 4 is 17.9 Å². The highest BCUT2D eigenvalue weighted by molar-refractivity contribution is 5.97. The van der Waals surface area contributed by atoms with Crippen LogP contribution in [0.2, 0.25) is 0 Å². The Labute approximate surface area is 127 Å². The maximum absolute atomic E-state index is 11.9. The lowest BCUT2D eigenvalue weighted by Gasteiger charge is -2.04. The largest absolute Gasteiger partial charge is 0.469 e. The molecule has 0 radical (unpaired) electrons. The zero-order valence-electron chi connectivity index (χ0n) is 12.5. The second kappa shape index (κ2) is 7.83. The standard InChI is InChI=1S/C14H16N2O6/c1-4-22-14(19)11-8(5-6-10(17)20-2)9(7-15)12(16-11)13(18)21-3/h16H,4-6H2,1-3H3. The molecule has 0 amide bonds. The van der Waals surface area contributed by atoms with Gasteiger partial charge in [0.1, 0.15) is 17.5 Å². The van der Waals surface area contributed by atoms with Gasteiger partial charge in [-0.3, -0.25) is 4.79 Å². The van der Waals surface area contributed by atoms with Gasteiger partial charge in [0.15, 0.2) is 0 Å². The fraction of sp³-hybridized carbons (Fsp3) is 0.429. The molecule has 22 heavy (non-hydrogen) atoms. The molecule has 1 aromatic heterocycles. The number of aromatic nitrogens is 1. The molecule has 0 aliphatic heterocycles. The van der Waals surface area contributed by atoms with Crippen LogP contribution in [0.3, 0.4) is 0 Å². The van der Waals surface area contributed by atoms with Gasteiger partial charge < -0.3 is 19.2 Å². The summed E-state index contributed by atoms with van der Waals surface area (Å²) in [5, 5.41) is 9.25. The van der Waals surface area contributed by atoms with Crippen molar-refractivity contribution in [2.45, 2.75) is 19.8 Å². The fourth-order valence-corrected chi connectivity index (χ4v) is 1.87. The second-order valence-corrected chi connectivity index (χ2v) is 4.13. The van der Waals surface area contributed by atoms with Crippen LogP contribution >= 0.6 is 0 Å². The van der Waals surface area contributed by atoms with Crippen molar-refractivity contribution in [3.63, 3.8) is 0 Å². The van der Waals surface area contributed by atoms with E-state index in [1.165, 1.54) is 7.11 Å². The molecule has 0 saturated heterocycles. The van der Waals surface area contributed by atoms with Crippen LogP contribution in [-0.4, -0.2) is 43.7 Å². The third-order valence-electron chi connectivity index (χ3n) is 2.89. The normalized spacial score (nSPS) is 9.73. The van der Waals surface area contributed by atoms with Gasteiger partial charge in [-0.2, -0.15) is 5.26 Å². The molecule has 0 bridgehead atoms. The summed E-state index contributed by atoms with van der Waals surface area (Å²) >= 11 is 0. The van der Waals surface area contributed by atoms with Gasteiger partial charge in [0.25, 0.3) is 0 Å². The van der Waals surface area contributed by atoms with E-state index in [4.69, 9.17) is 4.74 Å².